The monoisotopic (exact) mass is 270 g/mol. The summed E-state index contributed by atoms with van der Waals surface area (Å²) < 4.78 is 0. The molecule has 3 N–H and O–H groups in total. The van der Waals surface area contributed by atoms with Crippen molar-refractivity contribution >= 4 is 17.7 Å². The second-order valence-corrected chi connectivity index (χ2v) is 7.16. The first-order valence-electron chi connectivity index (χ1n) is 7.33. The van der Waals surface area contributed by atoms with Crippen LogP contribution in [0.15, 0.2) is 0 Å². The summed E-state index contributed by atoms with van der Waals surface area (Å²) in [5.41, 5.74) is 5.17. The number of hydrogen-bond acceptors (Lipinski definition) is 3. The minimum absolute atomic E-state index is 0.159. The summed E-state index contributed by atoms with van der Waals surface area (Å²) in [6.07, 6.45) is 8.62. The first kappa shape index (κ1) is 14.2. The fourth-order valence-corrected chi connectivity index (χ4v) is 4.97. The molecule has 2 atom stereocenters. The Balaban J connectivity index is 1.80. The Labute approximate surface area is 115 Å². The van der Waals surface area contributed by atoms with Crippen LogP contribution in [0.2, 0.25) is 0 Å². The van der Waals surface area contributed by atoms with Gasteiger partial charge in [0.15, 0.2) is 0 Å². The normalized spacial score (nSPS) is 33.1. The Hall–Kier alpha value is -0.220. The maximum Gasteiger partial charge on any atom is 0.237 e. The Kier molecular flexibility index (Phi) is 4.96. The third-order valence-electron chi connectivity index (χ3n) is 4.50. The van der Waals surface area contributed by atoms with Crippen molar-refractivity contribution in [3.8, 4) is 0 Å². The van der Waals surface area contributed by atoms with Crippen LogP contribution in [0.4, 0.5) is 0 Å². The van der Waals surface area contributed by atoms with Gasteiger partial charge in [-0.25, -0.2) is 0 Å². The molecule has 0 heterocycles. The zero-order chi connectivity index (χ0) is 13.0. The van der Waals surface area contributed by atoms with Gasteiger partial charge in [0.2, 0.25) is 5.91 Å². The van der Waals surface area contributed by atoms with E-state index in [0.29, 0.717) is 5.25 Å². The summed E-state index contributed by atoms with van der Waals surface area (Å²) in [6.45, 7) is 2.87. The van der Waals surface area contributed by atoms with E-state index in [0.717, 1.165) is 31.7 Å². The van der Waals surface area contributed by atoms with Crippen molar-refractivity contribution in [1.82, 2.24) is 5.32 Å². The highest BCUT2D eigenvalue weighted by Gasteiger charge is 2.43. The van der Waals surface area contributed by atoms with Crippen LogP contribution in [0.25, 0.3) is 0 Å². The molecule has 0 spiro atoms. The van der Waals surface area contributed by atoms with Crippen molar-refractivity contribution in [2.45, 2.75) is 62.7 Å². The number of thioether (sulfide) groups is 1. The van der Waals surface area contributed by atoms with Crippen molar-refractivity contribution in [2.75, 3.05) is 12.3 Å². The number of primary amides is 1. The Morgan fingerprint density at radius 1 is 1.39 bits per heavy atom. The predicted octanol–water partition coefficient (Wildman–Crippen LogP) is 2.30. The van der Waals surface area contributed by atoms with Gasteiger partial charge in [-0.1, -0.05) is 19.8 Å². The molecular weight excluding hydrogens is 244 g/mol. The second-order valence-electron chi connectivity index (χ2n) is 5.83. The van der Waals surface area contributed by atoms with Crippen molar-refractivity contribution in [1.29, 1.82) is 0 Å². The molecule has 0 radical (unpaired) electrons. The van der Waals surface area contributed by atoms with Gasteiger partial charge in [-0.15, -0.1) is 0 Å². The van der Waals surface area contributed by atoms with E-state index >= 15 is 0 Å². The number of hydrogen-bond donors (Lipinski definition) is 2. The lowest BCUT2D eigenvalue weighted by molar-refractivity contribution is -0.124. The number of nitrogens with two attached hydrogens (primary N) is 1. The number of amides is 1. The molecule has 2 rings (SSSR count). The maximum atomic E-state index is 11.7. The molecule has 2 saturated carbocycles. The van der Waals surface area contributed by atoms with Crippen molar-refractivity contribution < 1.29 is 4.79 Å². The molecular formula is C14H26N2OS. The Morgan fingerprint density at radius 2 is 2.11 bits per heavy atom. The second kappa shape index (κ2) is 6.29. The molecule has 1 amide bonds. The molecule has 0 bridgehead atoms. The molecule has 2 fully saturated rings. The third-order valence-corrected chi connectivity index (χ3v) is 6.04. The Morgan fingerprint density at radius 3 is 2.72 bits per heavy atom. The molecule has 0 aliphatic heterocycles. The molecule has 2 aliphatic rings. The number of carbonyl (C=O) groups excluding carboxylic acids is 1. The minimum atomic E-state index is -0.415. The van der Waals surface area contributed by atoms with E-state index in [1.54, 1.807) is 0 Å². The molecule has 0 aromatic heterocycles. The fourth-order valence-electron chi connectivity index (χ4n) is 3.40. The lowest BCUT2D eigenvalue weighted by Gasteiger charge is -2.26. The third kappa shape index (κ3) is 3.21. The Bertz CT molecular complexity index is 292. The number of rotatable bonds is 6. The molecule has 2 unspecified atom stereocenters. The zero-order valence-electron chi connectivity index (χ0n) is 11.4. The van der Waals surface area contributed by atoms with Gasteiger partial charge in [0.25, 0.3) is 0 Å². The molecule has 18 heavy (non-hydrogen) atoms. The smallest absolute Gasteiger partial charge is 0.237 e. The van der Waals surface area contributed by atoms with Crippen molar-refractivity contribution in [3.05, 3.63) is 0 Å². The summed E-state index contributed by atoms with van der Waals surface area (Å²) in [5, 5.41) is 3.95. The first-order chi connectivity index (χ1) is 8.66. The first-order valence-corrected chi connectivity index (χ1v) is 8.37. The molecule has 0 saturated heterocycles. The fraction of sp³-hybridized carbons (Fsp3) is 0.929. The predicted molar refractivity (Wildman–Crippen MR) is 77.7 cm³/mol. The summed E-state index contributed by atoms with van der Waals surface area (Å²) in [5.74, 6) is 2.05. The highest BCUT2D eigenvalue weighted by Crippen LogP contribution is 2.39. The van der Waals surface area contributed by atoms with Gasteiger partial charge in [-0.3, -0.25) is 4.79 Å². The van der Waals surface area contributed by atoms with Gasteiger partial charge in [-0.2, -0.15) is 11.8 Å². The lowest BCUT2D eigenvalue weighted by atomic mass is 9.97. The molecule has 4 heteroatoms. The highest BCUT2D eigenvalue weighted by atomic mass is 32.2. The van der Waals surface area contributed by atoms with Crippen molar-refractivity contribution in [2.24, 2.45) is 11.7 Å². The standard InChI is InChI=1S/C14H26N2OS/c1-2-16-14(13(15)17)8-7-12(9-14)18-10-11-5-3-4-6-11/h11-12,16H,2-10H2,1H3,(H2,15,17). The average molecular weight is 270 g/mol. The average Bonchev–Trinajstić information content (AvgIpc) is 2.96. The molecule has 104 valence electrons. The van der Waals surface area contributed by atoms with Gasteiger partial charge in [-0.05, 0) is 50.3 Å². The summed E-state index contributed by atoms with van der Waals surface area (Å²) in [4.78, 5) is 11.7. The van der Waals surface area contributed by atoms with E-state index < -0.39 is 5.54 Å². The molecule has 0 aromatic rings. The summed E-state index contributed by atoms with van der Waals surface area (Å²) in [7, 11) is 0. The number of carbonyl (C=O) groups is 1. The van der Waals surface area contributed by atoms with Crippen LogP contribution in [0, 0.1) is 5.92 Å². The maximum absolute atomic E-state index is 11.7. The SMILES string of the molecule is CCNC1(C(N)=O)CCC(SCC2CCCC2)C1. The van der Waals surface area contributed by atoms with Crippen LogP contribution in [0.1, 0.15) is 51.9 Å². The van der Waals surface area contributed by atoms with Crippen LogP contribution in [-0.4, -0.2) is 29.0 Å². The van der Waals surface area contributed by atoms with Crippen LogP contribution in [0.3, 0.4) is 0 Å². The van der Waals surface area contributed by atoms with E-state index in [1.165, 1.54) is 31.4 Å². The van der Waals surface area contributed by atoms with Crippen molar-refractivity contribution in [3.63, 3.8) is 0 Å². The zero-order valence-corrected chi connectivity index (χ0v) is 12.2. The van der Waals surface area contributed by atoms with Gasteiger partial charge in [0.05, 0.1) is 5.54 Å². The molecule has 2 aliphatic carbocycles. The summed E-state index contributed by atoms with van der Waals surface area (Å²) >= 11 is 2.08. The largest absolute Gasteiger partial charge is 0.368 e. The van der Waals surface area contributed by atoms with E-state index in [2.05, 4.69) is 17.1 Å². The van der Waals surface area contributed by atoms with Crippen LogP contribution in [0.5, 0.6) is 0 Å². The van der Waals surface area contributed by atoms with Gasteiger partial charge in [0.1, 0.15) is 0 Å². The number of nitrogens with one attached hydrogen (secondary N) is 1. The minimum Gasteiger partial charge on any atom is -0.368 e. The molecule has 3 nitrogen and oxygen atoms in total. The van der Waals surface area contributed by atoms with E-state index in [-0.39, 0.29) is 5.91 Å². The van der Waals surface area contributed by atoms with Gasteiger partial charge < -0.3 is 11.1 Å². The van der Waals surface area contributed by atoms with Crippen LogP contribution in [-0.2, 0) is 4.79 Å². The van der Waals surface area contributed by atoms with Gasteiger partial charge >= 0.3 is 0 Å². The number of likely N-dealkylation sites (N-methyl/N-ethyl adjacent to an activating group) is 1. The van der Waals surface area contributed by atoms with E-state index in [1.807, 2.05) is 6.92 Å². The quantitative estimate of drug-likeness (QED) is 0.778. The summed E-state index contributed by atoms with van der Waals surface area (Å²) in [6, 6.07) is 0. The van der Waals surface area contributed by atoms with Gasteiger partial charge in [0, 0.05) is 5.25 Å². The van der Waals surface area contributed by atoms with Crippen LogP contribution < -0.4 is 11.1 Å². The topological polar surface area (TPSA) is 55.1 Å². The lowest BCUT2D eigenvalue weighted by Crippen LogP contribution is -2.53. The van der Waals surface area contributed by atoms with E-state index in [9.17, 15) is 4.79 Å². The molecule has 0 aromatic carbocycles. The van der Waals surface area contributed by atoms with Crippen LogP contribution >= 0.6 is 11.8 Å². The van der Waals surface area contributed by atoms with E-state index in [4.69, 9.17) is 5.73 Å². The highest BCUT2D eigenvalue weighted by molar-refractivity contribution is 7.99.